The molecule has 0 radical (unpaired) electrons. The molecule has 2 aliphatic rings. The average molecular weight is 539 g/mol. The van der Waals surface area contributed by atoms with Gasteiger partial charge in [0.15, 0.2) is 11.9 Å². The number of guanidine groups is 2. The van der Waals surface area contributed by atoms with Crippen LogP contribution in [0.3, 0.4) is 0 Å². The summed E-state index contributed by atoms with van der Waals surface area (Å²) in [4.78, 5) is 39.2. The fourth-order valence-corrected chi connectivity index (χ4v) is 6.66. The van der Waals surface area contributed by atoms with Crippen LogP contribution in [0.2, 0.25) is 0 Å². The second-order valence-corrected chi connectivity index (χ2v) is 11.1. The Bertz CT molecular complexity index is 1190. The highest BCUT2D eigenvalue weighted by atomic mass is 32.2. The van der Waals surface area contributed by atoms with E-state index in [9.17, 15) is 9.59 Å². The maximum Gasteiger partial charge on any atom is 0.245 e. The molecule has 0 bridgehead atoms. The second-order valence-electron chi connectivity index (χ2n) is 9.86. The number of thioether (sulfide) groups is 1. The monoisotopic (exact) mass is 538 g/mol. The summed E-state index contributed by atoms with van der Waals surface area (Å²) in [6.07, 6.45) is 3.30. The molecule has 2 fully saturated rings. The molecule has 2 aliphatic heterocycles. The molecule has 2 heterocycles. The SMILES string of the molecule is NC(N)=NCCC[C@H]1CS[C@H]2CN(CCc3ccc4ccccc4c3)C(=O)[C@H](CCCN=C(N)N)N2C1=O. The number of piperazine rings is 1. The first-order valence-corrected chi connectivity index (χ1v) is 14.2. The highest BCUT2D eigenvalue weighted by Gasteiger charge is 2.47. The molecule has 2 saturated heterocycles. The van der Waals surface area contributed by atoms with Gasteiger partial charge in [-0.2, -0.15) is 0 Å². The topological polar surface area (TPSA) is 169 Å². The van der Waals surface area contributed by atoms with E-state index in [1.807, 2.05) is 21.9 Å². The minimum atomic E-state index is -0.514. The lowest BCUT2D eigenvalue weighted by atomic mass is 9.98. The molecule has 38 heavy (non-hydrogen) atoms. The van der Waals surface area contributed by atoms with Crippen molar-refractivity contribution in [2.24, 2.45) is 38.8 Å². The highest BCUT2D eigenvalue weighted by Crippen LogP contribution is 2.36. The summed E-state index contributed by atoms with van der Waals surface area (Å²) in [6.45, 7) is 2.06. The van der Waals surface area contributed by atoms with Crippen molar-refractivity contribution in [2.45, 2.75) is 43.5 Å². The van der Waals surface area contributed by atoms with Gasteiger partial charge >= 0.3 is 0 Å². The summed E-state index contributed by atoms with van der Waals surface area (Å²) in [5.41, 5.74) is 23.0. The predicted octanol–water partition coefficient (Wildman–Crippen LogP) is 1.22. The molecule has 2 aromatic carbocycles. The number of benzene rings is 2. The summed E-state index contributed by atoms with van der Waals surface area (Å²) in [6, 6.07) is 14.2. The van der Waals surface area contributed by atoms with Crippen LogP contribution in [-0.4, -0.2) is 76.9 Å². The van der Waals surface area contributed by atoms with E-state index in [0.717, 1.165) is 12.2 Å². The number of hydrogen-bond donors (Lipinski definition) is 4. The van der Waals surface area contributed by atoms with Gasteiger partial charge in [0.1, 0.15) is 6.04 Å². The first-order valence-electron chi connectivity index (χ1n) is 13.1. The molecular weight excluding hydrogens is 500 g/mol. The van der Waals surface area contributed by atoms with Gasteiger partial charge in [-0.1, -0.05) is 42.5 Å². The maximum atomic E-state index is 13.7. The zero-order chi connectivity index (χ0) is 27.1. The first kappa shape index (κ1) is 27.6. The zero-order valence-corrected chi connectivity index (χ0v) is 22.5. The van der Waals surface area contributed by atoms with E-state index in [4.69, 9.17) is 22.9 Å². The third-order valence-electron chi connectivity index (χ3n) is 7.13. The number of aliphatic imine (C=N–C) groups is 2. The minimum Gasteiger partial charge on any atom is -0.370 e. The maximum absolute atomic E-state index is 13.7. The van der Waals surface area contributed by atoms with Gasteiger partial charge in [0.2, 0.25) is 11.8 Å². The summed E-state index contributed by atoms with van der Waals surface area (Å²) in [5.74, 6) is 0.716. The molecule has 11 heteroatoms. The number of amides is 2. The summed E-state index contributed by atoms with van der Waals surface area (Å²) < 4.78 is 0. The van der Waals surface area contributed by atoms with Crippen LogP contribution in [0.1, 0.15) is 31.2 Å². The fourth-order valence-electron chi connectivity index (χ4n) is 5.20. The predicted molar refractivity (Wildman–Crippen MR) is 154 cm³/mol. The van der Waals surface area contributed by atoms with Crippen molar-refractivity contribution in [2.75, 3.05) is 31.9 Å². The molecule has 0 spiro atoms. The van der Waals surface area contributed by atoms with E-state index in [0.29, 0.717) is 51.9 Å². The highest BCUT2D eigenvalue weighted by molar-refractivity contribution is 8.00. The molecule has 2 aromatic rings. The largest absolute Gasteiger partial charge is 0.370 e. The number of carbonyl (C=O) groups is 2. The van der Waals surface area contributed by atoms with Crippen LogP contribution in [-0.2, 0) is 16.0 Å². The van der Waals surface area contributed by atoms with Gasteiger partial charge in [0, 0.05) is 31.3 Å². The van der Waals surface area contributed by atoms with Crippen LogP contribution < -0.4 is 22.9 Å². The Morgan fingerprint density at radius 2 is 1.58 bits per heavy atom. The lowest BCUT2D eigenvalue weighted by molar-refractivity contribution is -0.155. The molecule has 204 valence electrons. The van der Waals surface area contributed by atoms with Gasteiger partial charge in [-0.25, -0.2) is 0 Å². The molecule has 4 rings (SSSR count). The molecule has 0 aromatic heterocycles. The Balaban J connectivity index is 1.45. The van der Waals surface area contributed by atoms with Crippen LogP contribution in [0.15, 0.2) is 52.4 Å². The number of carbonyl (C=O) groups excluding carboxylic acids is 2. The minimum absolute atomic E-state index is 0.00171. The van der Waals surface area contributed by atoms with Crippen molar-refractivity contribution in [1.82, 2.24) is 9.80 Å². The molecular formula is C27H38N8O2S. The summed E-state index contributed by atoms with van der Waals surface area (Å²) >= 11 is 1.76. The molecule has 3 atom stereocenters. The lowest BCUT2D eigenvalue weighted by Gasteiger charge is -2.49. The summed E-state index contributed by atoms with van der Waals surface area (Å²) in [7, 11) is 0. The van der Waals surface area contributed by atoms with Crippen LogP contribution in [0.25, 0.3) is 10.8 Å². The van der Waals surface area contributed by atoms with E-state index in [2.05, 4.69) is 40.3 Å². The van der Waals surface area contributed by atoms with E-state index in [1.54, 1.807) is 11.8 Å². The number of fused-ring (bicyclic) bond motifs is 2. The Kier molecular flexibility index (Phi) is 9.33. The Labute approximate surface area is 227 Å². The standard InChI is InChI=1S/C27H38N8O2S/c28-26(29)32-12-3-7-21-17-38-23-16-34(14-11-18-9-10-19-5-1-2-6-20(19)15-18)25(37)22(35(23)24(21)36)8-4-13-33-27(30)31/h1-2,5-6,9-10,15,21-23H,3-4,7-8,11-14,16-17H2,(H4,28,29,32)(H4,30,31,33)/t21-,22-,23-/m0/s1. The van der Waals surface area contributed by atoms with E-state index >= 15 is 0 Å². The summed E-state index contributed by atoms with van der Waals surface area (Å²) in [5, 5.41) is 2.34. The Morgan fingerprint density at radius 1 is 0.895 bits per heavy atom. The fraction of sp³-hybridized carbons (Fsp3) is 0.481. The van der Waals surface area contributed by atoms with Crippen molar-refractivity contribution >= 4 is 46.3 Å². The van der Waals surface area contributed by atoms with Gasteiger partial charge in [-0.05, 0) is 48.4 Å². The van der Waals surface area contributed by atoms with Gasteiger partial charge in [0.05, 0.1) is 11.9 Å². The van der Waals surface area contributed by atoms with Crippen molar-refractivity contribution in [3.05, 3.63) is 48.0 Å². The molecule has 10 nitrogen and oxygen atoms in total. The van der Waals surface area contributed by atoms with Crippen LogP contribution in [0.5, 0.6) is 0 Å². The van der Waals surface area contributed by atoms with Gasteiger partial charge in [0.25, 0.3) is 0 Å². The van der Waals surface area contributed by atoms with Gasteiger partial charge < -0.3 is 32.7 Å². The second kappa shape index (κ2) is 12.9. The zero-order valence-electron chi connectivity index (χ0n) is 21.7. The Morgan fingerprint density at radius 3 is 2.29 bits per heavy atom. The number of rotatable bonds is 11. The van der Waals surface area contributed by atoms with E-state index < -0.39 is 6.04 Å². The van der Waals surface area contributed by atoms with Crippen LogP contribution >= 0.6 is 11.8 Å². The normalized spacial score (nSPS) is 21.3. The van der Waals surface area contributed by atoms with Crippen LogP contribution in [0.4, 0.5) is 0 Å². The number of nitrogens with two attached hydrogens (primary N) is 4. The van der Waals surface area contributed by atoms with Crippen molar-refractivity contribution in [3.63, 3.8) is 0 Å². The van der Waals surface area contributed by atoms with Gasteiger partial charge in [-0.15, -0.1) is 11.8 Å². The molecule has 2 amide bonds. The third-order valence-corrected chi connectivity index (χ3v) is 8.49. The lowest BCUT2D eigenvalue weighted by Crippen LogP contribution is -2.65. The molecule has 8 N–H and O–H groups in total. The number of hydrogen-bond acceptors (Lipinski definition) is 5. The van der Waals surface area contributed by atoms with Gasteiger partial charge in [-0.3, -0.25) is 19.6 Å². The quantitative estimate of drug-likeness (QED) is 0.189. The molecule has 0 unspecified atom stereocenters. The smallest absolute Gasteiger partial charge is 0.245 e. The van der Waals surface area contributed by atoms with Crippen molar-refractivity contribution < 1.29 is 9.59 Å². The van der Waals surface area contributed by atoms with Crippen molar-refractivity contribution in [3.8, 4) is 0 Å². The van der Waals surface area contributed by atoms with Crippen LogP contribution in [0, 0.1) is 5.92 Å². The van der Waals surface area contributed by atoms with E-state index in [-0.39, 0.29) is 35.0 Å². The van der Waals surface area contributed by atoms with E-state index in [1.165, 1.54) is 16.3 Å². The average Bonchev–Trinajstić information content (AvgIpc) is 2.89. The molecule has 0 aliphatic carbocycles. The first-order chi connectivity index (χ1) is 18.3. The number of nitrogens with zero attached hydrogens (tertiary/aromatic N) is 4. The Hall–Kier alpha value is -3.47. The van der Waals surface area contributed by atoms with Crippen molar-refractivity contribution in [1.29, 1.82) is 0 Å². The third kappa shape index (κ3) is 6.89. The molecule has 0 saturated carbocycles.